The minimum Gasteiger partial charge on any atom is -0.504 e. The maximum atomic E-state index is 13.3. The number of sulfonamides is 1. The predicted molar refractivity (Wildman–Crippen MR) is 132 cm³/mol. The number of ether oxygens (including phenoxy) is 1. The number of anilines is 1. The summed E-state index contributed by atoms with van der Waals surface area (Å²) in [5, 5.41) is 13.7. The van der Waals surface area contributed by atoms with E-state index in [4.69, 9.17) is 4.74 Å². The number of aryl methyl sites for hydroxylation is 1. The standard InChI is InChI=1S/C25H27N3O5S/c1-3-19-10-13-21(14-11-19)28(34(31,32)22-8-6-5-7-9-22)18-25(30)27-26-17-20-12-15-23(29)24(16-20)33-4-2/h5-17,29H,3-4,18H2,1-2H3,(H,27,30)/b26-17-. The number of hydrogen-bond acceptors (Lipinski definition) is 6. The van der Waals surface area contributed by atoms with Crippen LogP contribution in [0.4, 0.5) is 5.69 Å². The number of phenols is 1. The van der Waals surface area contributed by atoms with Gasteiger partial charge in [-0.15, -0.1) is 0 Å². The number of nitrogens with zero attached hydrogens (tertiary/aromatic N) is 2. The molecule has 2 N–H and O–H groups in total. The van der Waals surface area contributed by atoms with Crippen molar-refractivity contribution in [1.82, 2.24) is 5.43 Å². The van der Waals surface area contributed by atoms with Crippen LogP contribution in [0.15, 0.2) is 82.8 Å². The third-order valence-electron chi connectivity index (χ3n) is 4.94. The lowest BCUT2D eigenvalue weighted by molar-refractivity contribution is -0.119. The monoisotopic (exact) mass is 481 g/mol. The first kappa shape index (κ1) is 24.8. The van der Waals surface area contributed by atoms with Gasteiger partial charge >= 0.3 is 0 Å². The number of carbonyl (C=O) groups is 1. The zero-order chi connectivity index (χ0) is 24.6. The molecule has 0 heterocycles. The zero-order valence-electron chi connectivity index (χ0n) is 19.0. The smallest absolute Gasteiger partial charge is 0.264 e. The van der Waals surface area contributed by atoms with Crippen molar-refractivity contribution in [2.45, 2.75) is 25.2 Å². The summed E-state index contributed by atoms with van der Waals surface area (Å²) in [7, 11) is -3.99. The van der Waals surface area contributed by atoms with Gasteiger partial charge in [0.05, 0.1) is 23.4 Å². The zero-order valence-corrected chi connectivity index (χ0v) is 19.8. The lowest BCUT2D eigenvalue weighted by Gasteiger charge is -2.24. The third kappa shape index (κ3) is 6.14. The summed E-state index contributed by atoms with van der Waals surface area (Å²) in [5.41, 5.74) is 4.38. The van der Waals surface area contributed by atoms with Crippen LogP contribution in [0.25, 0.3) is 0 Å². The Hall–Kier alpha value is -3.85. The highest BCUT2D eigenvalue weighted by atomic mass is 32.2. The van der Waals surface area contributed by atoms with Crippen molar-refractivity contribution < 1.29 is 23.1 Å². The van der Waals surface area contributed by atoms with Gasteiger partial charge in [0.2, 0.25) is 0 Å². The Balaban J connectivity index is 1.80. The highest BCUT2D eigenvalue weighted by molar-refractivity contribution is 7.92. The molecule has 0 aliphatic carbocycles. The molecular formula is C25H27N3O5S. The van der Waals surface area contributed by atoms with Gasteiger partial charge in [-0.05, 0) is 66.9 Å². The van der Waals surface area contributed by atoms with Crippen LogP contribution in [0.5, 0.6) is 11.5 Å². The topological polar surface area (TPSA) is 108 Å². The molecule has 0 atom stereocenters. The summed E-state index contributed by atoms with van der Waals surface area (Å²) in [6.07, 6.45) is 2.19. The van der Waals surface area contributed by atoms with E-state index in [9.17, 15) is 18.3 Å². The van der Waals surface area contributed by atoms with Crippen LogP contribution in [0.2, 0.25) is 0 Å². The summed E-state index contributed by atoms with van der Waals surface area (Å²) in [6.45, 7) is 3.73. The Bertz CT molecular complexity index is 1240. The molecule has 34 heavy (non-hydrogen) atoms. The molecule has 0 fully saturated rings. The Morgan fingerprint density at radius 1 is 1.06 bits per heavy atom. The largest absolute Gasteiger partial charge is 0.504 e. The van der Waals surface area contributed by atoms with Gasteiger partial charge in [-0.25, -0.2) is 13.8 Å². The van der Waals surface area contributed by atoms with Crippen LogP contribution in [-0.2, 0) is 21.2 Å². The van der Waals surface area contributed by atoms with Crippen molar-refractivity contribution >= 4 is 27.8 Å². The molecule has 0 aliphatic heterocycles. The average molecular weight is 482 g/mol. The van der Waals surface area contributed by atoms with Crippen LogP contribution in [0.1, 0.15) is 25.0 Å². The molecule has 0 spiro atoms. The van der Waals surface area contributed by atoms with E-state index >= 15 is 0 Å². The van der Waals surface area contributed by atoms with Crippen LogP contribution in [0, 0.1) is 0 Å². The molecule has 3 aromatic rings. The summed E-state index contributed by atoms with van der Waals surface area (Å²) in [5.74, 6) is -0.313. The molecule has 0 unspecified atom stereocenters. The maximum absolute atomic E-state index is 13.3. The van der Waals surface area contributed by atoms with Gasteiger partial charge in [0.1, 0.15) is 6.54 Å². The Labute approximate surface area is 199 Å². The molecule has 1 amide bonds. The molecule has 0 aromatic heterocycles. The second kappa shape index (κ2) is 11.3. The number of rotatable bonds is 10. The van der Waals surface area contributed by atoms with Crippen molar-refractivity contribution in [3.05, 3.63) is 83.9 Å². The van der Waals surface area contributed by atoms with E-state index in [0.717, 1.165) is 16.3 Å². The lowest BCUT2D eigenvalue weighted by atomic mass is 10.1. The fourth-order valence-corrected chi connectivity index (χ4v) is 4.60. The van der Waals surface area contributed by atoms with Gasteiger partial charge < -0.3 is 9.84 Å². The van der Waals surface area contributed by atoms with E-state index in [1.807, 2.05) is 19.1 Å². The third-order valence-corrected chi connectivity index (χ3v) is 6.73. The average Bonchev–Trinajstić information content (AvgIpc) is 2.85. The van der Waals surface area contributed by atoms with Crippen molar-refractivity contribution in [1.29, 1.82) is 0 Å². The van der Waals surface area contributed by atoms with E-state index in [-0.39, 0.29) is 10.6 Å². The molecule has 0 saturated heterocycles. The first-order valence-corrected chi connectivity index (χ1v) is 12.2. The van der Waals surface area contributed by atoms with E-state index < -0.39 is 22.5 Å². The summed E-state index contributed by atoms with van der Waals surface area (Å²) >= 11 is 0. The van der Waals surface area contributed by atoms with E-state index in [1.54, 1.807) is 49.4 Å². The summed E-state index contributed by atoms with van der Waals surface area (Å²) in [6, 6.07) is 19.6. The van der Waals surface area contributed by atoms with Gasteiger partial charge in [-0.2, -0.15) is 5.10 Å². The van der Waals surface area contributed by atoms with Crippen LogP contribution >= 0.6 is 0 Å². The first-order chi connectivity index (χ1) is 16.3. The molecule has 9 heteroatoms. The number of carbonyl (C=O) groups excluding carboxylic acids is 1. The number of hydrogen-bond donors (Lipinski definition) is 2. The molecular weight excluding hydrogens is 454 g/mol. The van der Waals surface area contributed by atoms with Gasteiger partial charge in [-0.1, -0.05) is 37.3 Å². The number of aromatic hydroxyl groups is 1. The molecule has 3 rings (SSSR count). The van der Waals surface area contributed by atoms with Gasteiger partial charge in [0.25, 0.3) is 15.9 Å². The molecule has 0 bridgehead atoms. The SMILES string of the molecule is CCOc1cc(/C=N\NC(=O)CN(c2ccc(CC)cc2)S(=O)(=O)c2ccccc2)ccc1O. The highest BCUT2D eigenvalue weighted by Gasteiger charge is 2.27. The minimum absolute atomic E-state index is 0.00103. The van der Waals surface area contributed by atoms with E-state index in [0.29, 0.717) is 23.6 Å². The summed E-state index contributed by atoms with van der Waals surface area (Å²) in [4.78, 5) is 12.7. The number of phenolic OH excluding ortho intramolecular Hbond substituents is 1. The van der Waals surface area contributed by atoms with Crippen LogP contribution in [0.3, 0.4) is 0 Å². The van der Waals surface area contributed by atoms with Crippen molar-refractivity contribution in [3.63, 3.8) is 0 Å². The first-order valence-electron chi connectivity index (χ1n) is 10.8. The maximum Gasteiger partial charge on any atom is 0.264 e. The normalized spacial score (nSPS) is 11.4. The number of nitrogens with one attached hydrogen (secondary N) is 1. The van der Waals surface area contributed by atoms with Crippen molar-refractivity contribution in [3.8, 4) is 11.5 Å². The van der Waals surface area contributed by atoms with Gasteiger partial charge in [-0.3, -0.25) is 9.10 Å². The minimum atomic E-state index is -3.99. The number of amides is 1. The van der Waals surface area contributed by atoms with Crippen LogP contribution in [-0.4, -0.2) is 38.8 Å². The highest BCUT2D eigenvalue weighted by Crippen LogP contribution is 2.26. The van der Waals surface area contributed by atoms with Gasteiger partial charge in [0, 0.05) is 0 Å². The number of benzene rings is 3. The Kier molecular flexibility index (Phi) is 8.26. The van der Waals surface area contributed by atoms with Gasteiger partial charge in [0.15, 0.2) is 11.5 Å². The molecule has 0 radical (unpaired) electrons. The van der Waals surface area contributed by atoms with E-state index in [1.165, 1.54) is 24.4 Å². The predicted octanol–water partition coefficient (Wildman–Crippen LogP) is 3.70. The molecule has 0 saturated carbocycles. The van der Waals surface area contributed by atoms with Crippen molar-refractivity contribution in [2.24, 2.45) is 5.10 Å². The molecule has 8 nitrogen and oxygen atoms in total. The quantitative estimate of drug-likeness (QED) is 0.339. The Morgan fingerprint density at radius 3 is 2.41 bits per heavy atom. The van der Waals surface area contributed by atoms with E-state index in [2.05, 4.69) is 10.5 Å². The fourth-order valence-electron chi connectivity index (χ4n) is 3.16. The molecule has 178 valence electrons. The molecule has 3 aromatic carbocycles. The lowest BCUT2D eigenvalue weighted by Crippen LogP contribution is -2.39. The second-order valence-electron chi connectivity index (χ2n) is 7.30. The second-order valence-corrected chi connectivity index (χ2v) is 9.16. The number of hydrazone groups is 1. The fraction of sp³-hybridized carbons (Fsp3) is 0.200. The molecule has 0 aliphatic rings. The van der Waals surface area contributed by atoms with Crippen LogP contribution < -0.4 is 14.5 Å². The Morgan fingerprint density at radius 2 is 1.76 bits per heavy atom. The van der Waals surface area contributed by atoms with Crippen molar-refractivity contribution in [2.75, 3.05) is 17.5 Å². The summed E-state index contributed by atoms with van der Waals surface area (Å²) < 4.78 is 33.0.